The number of hydrogen-bond acceptors (Lipinski definition) is 3. The highest BCUT2D eigenvalue weighted by atomic mass is 16.5. The van der Waals surface area contributed by atoms with Crippen molar-refractivity contribution >= 4 is 11.6 Å². The van der Waals surface area contributed by atoms with E-state index in [2.05, 4.69) is 19.2 Å². The van der Waals surface area contributed by atoms with Gasteiger partial charge in [-0.15, -0.1) is 0 Å². The minimum absolute atomic E-state index is 0.0941. The summed E-state index contributed by atoms with van der Waals surface area (Å²) in [7, 11) is 0. The predicted octanol–water partition coefficient (Wildman–Crippen LogP) is 4.79. The number of rotatable bonds is 10. The molecule has 2 unspecified atom stereocenters. The van der Waals surface area contributed by atoms with Crippen LogP contribution in [0.1, 0.15) is 60.3 Å². The van der Waals surface area contributed by atoms with Gasteiger partial charge in [0.1, 0.15) is 11.4 Å². The van der Waals surface area contributed by atoms with E-state index >= 15 is 0 Å². The number of benzene rings is 1. The van der Waals surface area contributed by atoms with Crippen LogP contribution in [0.5, 0.6) is 5.75 Å². The average molecular weight is 321 g/mol. The molecule has 0 aliphatic heterocycles. The summed E-state index contributed by atoms with van der Waals surface area (Å²) in [6, 6.07) is 7.49. The largest absolute Gasteiger partial charge is 0.491 e. The molecule has 0 bridgehead atoms. The van der Waals surface area contributed by atoms with Crippen LogP contribution in [0.15, 0.2) is 24.3 Å². The van der Waals surface area contributed by atoms with E-state index in [4.69, 9.17) is 9.47 Å². The number of carbonyl (C=O) groups is 1. The molecule has 0 saturated carbocycles. The van der Waals surface area contributed by atoms with E-state index in [1.54, 1.807) is 0 Å². The normalized spacial score (nSPS) is 14.8. The van der Waals surface area contributed by atoms with E-state index in [1.165, 1.54) is 0 Å². The van der Waals surface area contributed by atoms with Crippen molar-refractivity contribution in [1.29, 1.82) is 0 Å². The van der Waals surface area contributed by atoms with Gasteiger partial charge in [-0.2, -0.15) is 0 Å². The Hall–Kier alpha value is -1.55. The Balaban J connectivity index is 2.70. The highest BCUT2D eigenvalue weighted by Gasteiger charge is 2.33. The Kier molecular flexibility index (Phi) is 8.10. The molecule has 0 radical (unpaired) electrons. The molecule has 1 rings (SSSR count). The van der Waals surface area contributed by atoms with E-state index in [-0.39, 0.29) is 12.0 Å². The van der Waals surface area contributed by atoms with Gasteiger partial charge in [0.25, 0.3) is 5.91 Å². The SMILES string of the molecule is CCCCC(C)(OCC)C(=O)Nc1ccc(OC(C)CC)cc1. The lowest BCUT2D eigenvalue weighted by Gasteiger charge is -2.28. The highest BCUT2D eigenvalue weighted by Crippen LogP contribution is 2.23. The van der Waals surface area contributed by atoms with E-state index in [0.29, 0.717) is 6.61 Å². The van der Waals surface area contributed by atoms with Crippen molar-refractivity contribution in [2.24, 2.45) is 0 Å². The number of ether oxygens (including phenoxy) is 2. The molecule has 4 nitrogen and oxygen atoms in total. The number of amides is 1. The van der Waals surface area contributed by atoms with Gasteiger partial charge in [-0.1, -0.05) is 26.7 Å². The van der Waals surface area contributed by atoms with Gasteiger partial charge >= 0.3 is 0 Å². The fourth-order valence-electron chi connectivity index (χ4n) is 2.28. The van der Waals surface area contributed by atoms with Crippen LogP contribution in [-0.2, 0) is 9.53 Å². The Morgan fingerprint density at radius 3 is 2.39 bits per heavy atom. The topological polar surface area (TPSA) is 47.6 Å². The first-order valence-corrected chi connectivity index (χ1v) is 8.67. The van der Waals surface area contributed by atoms with E-state index in [1.807, 2.05) is 45.0 Å². The van der Waals surface area contributed by atoms with Gasteiger partial charge in [-0.05, 0) is 57.9 Å². The van der Waals surface area contributed by atoms with E-state index in [0.717, 1.165) is 37.1 Å². The molecule has 4 heteroatoms. The van der Waals surface area contributed by atoms with Crippen molar-refractivity contribution in [3.05, 3.63) is 24.3 Å². The third kappa shape index (κ3) is 6.22. The van der Waals surface area contributed by atoms with Crippen molar-refractivity contribution in [2.45, 2.75) is 72.0 Å². The second-order valence-electron chi connectivity index (χ2n) is 6.08. The van der Waals surface area contributed by atoms with Crippen molar-refractivity contribution in [3.63, 3.8) is 0 Å². The summed E-state index contributed by atoms with van der Waals surface area (Å²) in [6.07, 6.45) is 3.87. The number of nitrogens with one attached hydrogen (secondary N) is 1. The molecule has 0 aromatic heterocycles. The summed E-state index contributed by atoms with van der Waals surface area (Å²) in [5, 5.41) is 2.95. The van der Waals surface area contributed by atoms with Crippen LogP contribution in [0.25, 0.3) is 0 Å². The maximum atomic E-state index is 12.6. The Morgan fingerprint density at radius 2 is 1.87 bits per heavy atom. The molecule has 0 spiro atoms. The molecule has 0 heterocycles. The fourth-order valence-corrected chi connectivity index (χ4v) is 2.28. The first-order chi connectivity index (χ1) is 10.9. The van der Waals surface area contributed by atoms with Gasteiger partial charge < -0.3 is 14.8 Å². The summed E-state index contributed by atoms with van der Waals surface area (Å²) in [5.74, 6) is 0.722. The maximum Gasteiger partial charge on any atom is 0.256 e. The Labute approximate surface area is 140 Å². The summed E-state index contributed by atoms with van der Waals surface area (Å²) < 4.78 is 11.5. The second-order valence-corrected chi connectivity index (χ2v) is 6.08. The first kappa shape index (κ1) is 19.5. The zero-order valence-electron chi connectivity index (χ0n) is 15.1. The molecule has 0 fully saturated rings. The zero-order valence-corrected chi connectivity index (χ0v) is 15.1. The van der Waals surface area contributed by atoms with Crippen LogP contribution >= 0.6 is 0 Å². The molecule has 23 heavy (non-hydrogen) atoms. The molecular formula is C19H31NO3. The molecule has 130 valence electrons. The molecule has 1 aromatic rings. The fraction of sp³-hybridized carbons (Fsp3) is 0.632. The monoisotopic (exact) mass is 321 g/mol. The number of carbonyl (C=O) groups excluding carboxylic acids is 1. The molecular weight excluding hydrogens is 290 g/mol. The first-order valence-electron chi connectivity index (χ1n) is 8.67. The van der Waals surface area contributed by atoms with Gasteiger partial charge in [0.05, 0.1) is 6.10 Å². The Morgan fingerprint density at radius 1 is 1.22 bits per heavy atom. The van der Waals surface area contributed by atoms with Crippen molar-refractivity contribution in [1.82, 2.24) is 0 Å². The summed E-state index contributed by atoms with van der Waals surface area (Å²) in [6.45, 7) is 10.5. The minimum Gasteiger partial charge on any atom is -0.491 e. The highest BCUT2D eigenvalue weighted by molar-refractivity contribution is 5.97. The molecule has 1 N–H and O–H groups in total. The van der Waals surface area contributed by atoms with Crippen LogP contribution in [-0.4, -0.2) is 24.2 Å². The maximum absolute atomic E-state index is 12.6. The van der Waals surface area contributed by atoms with Crippen LogP contribution < -0.4 is 10.1 Å². The van der Waals surface area contributed by atoms with Crippen LogP contribution in [0.4, 0.5) is 5.69 Å². The molecule has 1 aromatic carbocycles. The van der Waals surface area contributed by atoms with Crippen molar-refractivity contribution < 1.29 is 14.3 Å². The minimum atomic E-state index is -0.781. The van der Waals surface area contributed by atoms with Crippen LogP contribution in [0, 0.1) is 0 Å². The van der Waals surface area contributed by atoms with Gasteiger partial charge in [-0.25, -0.2) is 0 Å². The van der Waals surface area contributed by atoms with E-state index < -0.39 is 5.60 Å². The molecule has 0 saturated heterocycles. The van der Waals surface area contributed by atoms with Gasteiger partial charge in [0.15, 0.2) is 0 Å². The summed E-state index contributed by atoms with van der Waals surface area (Å²) in [5.41, 5.74) is -0.0228. The third-order valence-electron chi connectivity index (χ3n) is 3.97. The molecule has 0 aliphatic rings. The third-order valence-corrected chi connectivity index (χ3v) is 3.97. The molecule has 2 atom stereocenters. The number of hydrogen-bond donors (Lipinski definition) is 1. The smallest absolute Gasteiger partial charge is 0.256 e. The zero-order chi connectivity index (χ0) is 17.3. The molecule has 1 amide bonds. The quantitative estimate of drug-likeness (QED) is 0.674. The summed E-state index contributed by atoms with van der Waals surface area (Å²) in [4.78, 5) is 12.6. The van der Waals surface area contributed by atoms with Crippen LogP contribution in [0.2, 0.25) is 0 Å². The van der Waals surface area contributed by atoms with Crippen LogP contribution in [0.3, 0.4) is 0 Å². The number of unbranched alkanes of at least 4 members (excludes halogenated alkanes) is 1. The Bertz CT molecular complexity index is 472. The van der Waals surface area contributed by atoms with Crippen molar-refractivity contribution in [2.75, 3.05) is 11.9 Å². The molecule has 0 aliphatic carbocycles. The predicted molar refractivity (Wildman–Crippen MR) is 95.0 cm³/mol. The van der Waals surface area contributed by atoms with Gasteiger partial charge in [0, 0.05) is 12.3 Å². The van der Waals surface area contributed by atoms with Gasteiger partial charge in [0.2, 0.25) is 0 Å². The lowest BCUT2D eigenvalue weighted by molar-refractivity contribution is -0.139. The van der Waals surface area contributed by atoms with Gasteiger partial charge in [-0.3, -0.25) is 4.79 Å². The second kappa shape index (κ2) is 9.56. The lowest BCUT2D eigenvalue weighted by atomic mass is 9.97. The average Bonchev–Trinajstić information content (AvgIpc) is 2.54. The van der Waals surface area contributed by atoms with Crippen molar-refractivity contribution in [3.8, 4) is 5.75 Å². The number of anilines is 1. The standard InChI is InChI=1S/C19H31NO3/c1-6-9-14-19(5,22-8-3)18(21)20-16-10-12-17(13-11-16)23-15(4)7-2/h10-13,15H,6-9,14H2,1-5H3,(H,20,21). The summed E-state index contributed by atoms with van der Waals surface area (Å²) >= 11 is 0. The lowest BCUT2D eigenvalue weighted by Crippen LogP contribution is -2.42. The van der Waals surface area contributed by atoms with E-state index in [9.17, 15) is 4.79 Å².